The highest BCUT2D eigenvalue weighted by Gasteiger charge is 2.50. The number of esters is 1. The number of amides is 2. The average molecular weight is 475 g/mol. The molecule has 1 unspecified atom stereocenters. The normalized spacial score (nSPS) is 23.6. The molecule has 1 N–H and O–H groups in total. The van der Waals surface area contributed by atoms with Crippen molar-refractivity contribution >= 4 is 23.5 Å². The minimum Gasteiger partial charge on any atom is -0.462 e. The minimum absolute atomic E-state index is 0.0804. The highest BCUT2D eigenvalue weighted by Crippen LogP contribution is 2.44. The van der Waals surface area contributed by atoms with Crippen molar-refractivity contribution < 1.29 is 23.5 Å². The molecule has 34 heavy (non-hydrogen) atoms. The molecule has 1 spiro atoms. The lowest BCUT2D eigenvalue weighted by molar-refractivity contribution is -0.153. The number of piperidine rings is 1. The molecule has 186 valence electrons. The highest BCUT2D eigenvalue weighted by molar-refractivity contribution is 5.87. The molecule has 8 nitrogen and oxygen atoms in total. The van der Waals surface area contributed by atoms with E-state index in [1.54, 1.807) is 11.8 Å². The molecule has 2 amide bonds. The third-order valence-electron chi connectivity index (χ3n) is 7.48. The number of hydrogen-bond donors (Lipinski definition) is 1. The topological polar surface area (TPSA) is 82.2 Å². The number of halogens is 1. The average Bonchev–Trinajstić information content (AvgIpc) is 3.12. The summed E-state index contributed by atoms with van der Waals surface area (Å²) >= 11 is 0. The van der Waals surface area contributed by atoms with Gasteiger partial charge in [0, 0.05) is 64.8 Å². The lowest BCUT2D eigenvalue weighted by atomic mass is 9.75. The highest BCUT2D eigenvalue weighted by atomic mass is 19.1. The standard InChI is InChI=1S/C25H35FN4O4/c1-18(27-19(2)31)23(32)30-11-8-25(9-12-30)17-22(34-24(25)33)7-10-28-13-15-29(16-14-28)21-5-3-20(26)4-6-21/h3-6,18,22H,7-17H2,1-2H3,(H,27,31)/t18?,22-/m0/s1. The third-order valence-corrected chi connectivity index (χ3v) is 7.48. The van der Waals surface area contributed by atoms with Crippen LogP contribution in [0.2, 0.25) is 0 Å². The van der Waals surface area contributed by atoms with Crippen molar-refractivity contribution in [3.63, 3.8) is 0 Å². The van der Waals surface area contributed by atoms with E-state index >= 15 is 0 Å². The number of benzene rings is 1. The van der Waals surface area contributed by atoms with Crippen molar-refractivity contribution in [3.05, 3.63) is 30.1 Å². The fraction of sp³-hybridized carbons (Fsp3) is 0.640. The Bertz CT molecular complexity index is 893. The van der Waals surface area contributed by atoms with Crippen LogP contribution in [0.3, 0.4) is 0 Å². The number of nitrogens with one attached hydrogen (secondary N) is 1. The molecular weight excluding hydrogens is 439 g/mol. The van der Waals surface area contributed by atoms with E-state index in [1.165, 1.54) is 19.1 Å². The van der Waals surface area contributed by atoms with Gasteiger partial charge in [0.05, 0.1) is 5.41 Å². The second-order valence-corrected chi connectivity index (χ2v) is 9.85. The van der Waals surface area contributed by atoms with E-state index in [9.17, 15) is 18.8 Å². The number of cyclic esters (lactones) is 1. The summed E-state index contributed by atoms with van der Waals surface area (Å²) in [6.45, 7) is 8.61. The van der Waals surface area contributed by atoms with Gasteiger partial charge in [-0.15, -0.1) is 0 Å². The molecule has 1 aromatic carbocycles. The summed E-state index contributed by atoms with van der Waals surface area (Å²) in [5.74, 6) is -0.676. The number of anilines is 1. The van der Waals surface area contributed by atoms with Crippen LogP contribution in [0.25, 0.3) is 0 Å². The molecular formula is C25H35FN4O4. The molecule has 4 rings (SSSR count). The Balaban J connectivity index is 1.21. The summed E-state index contributed by atoms with van der Waals surface area (Å²) in [6, 6.07) is 6.08. The fourth-order valence-corrected chi connectivity index (χ4v) is 5.41. The molecule has 3 aliphatic heterocycles. The van der Waals surface area contributed by atoms with Crippen LogP contribution in [0.1, 0.15) is 39.5 Å². The lowest BCUT2D eigenvalue weighted by Crippen LogP contribution is -2.51. The van der Waals surface area contributed by atoms with Crippen LogP contribution in [0, 0.1) is 11.2 Å². The summed E-state index contributed by atoms with van der Waals surface area (Å²) in [5, 5.41) is 2.63. The zero-order chi connectivity index (χ0) is 24.3. The Morgan fingerprint density at radius 2 is 1.76 bits per heavy atom. The first-order valence-electron chi connectivity index (χ1n) is 12.3. The van der Waals surface area contributed by atoms with Crippen molar-refractivity contribution in [3.8, 4) is 0 Å². The molecule has 3 heterocycles. The molecule has 3 fully saturated rings. The molecule has 3 aliphatic rings. The van der Waals surface area contributed by atoms with Crippen molar-refractivity contribution in [1.82, 2.24) is 15.1 Å². The van der Waals surface area contributed by atoms with Crippen LogP contribution in [0.15, 0.2) is 24.3 Å². The first-order chi connectivity index (χ1) is 16.3. The number of ether oxygens (including phenoxy) is 1. The van der Waals surface area contributed by atoms with Crippen LogP contribution >= 0.6 is 0 Å². The van der Waals surface area contributed by atoms with Crippen LogP contribution in [0.4, 0.5) is 10.1 Å². The molecule has 1 aromatic rings. The van der Waals surface area contributed by atoms with Crippen molar-refractivity contribution in [2.75, 3.05) is 50.7 Å². The zero-order valence-corrected chi connectivity index (χ0v) is 20.1. The Kier molecular flexibility index (Phi) is 7.40. The SMILES string of the molecule is CC(=O)NC(C)C(=O)N1CCC2(CC1)C[C@H](CCN1CCN(c3ccc(F)cc3)CC1)OC2=O. The Labute approximate surface area is 200 Å². The van der Waals surface area contributed by atoms with Gasteiger partial charge in [-0.05, 0) is 50.5 Å². The molecule has 2 atom stereocenters. The van der Waals surface area contributed by atoms with Crippen LogP contribution in [-0.2, 0) is 19.1 Å². The monoisotopic (exact) mass is 474 g/mol. The first-order valence-corrected chi connectivity index (χ1v) is 12.3. The number of piperazine rings is 1. The number of hydrogen-bond acceptors (Lipinski definition) is 6. The molecule has 9 heteroatoms. The quantitative estimate of drug-likeness (QED) is 0.633. The van der Waals surface area contributed by atoms with Crippen molar-refractivity contribution in [2.45, 2.75) is 51.7 Å². The predicted molar refractivity (Wildman–Crippen MR) is 126 cm³/mol. The second-order valence-electron chi connectivity index (χ2n) is 9.85. The Morgan fingerprint density at radius 1 is 1.12 bits per heavy atom. The zero-order valence-electron chi connectivity index (χ0n) is 20.1. The van der Waals surface area contributed by atoms with Gasteiger partial charge >= 0.3 is 5.97 Å². The van der Waals surface area contributed by atoms with Gasteiger partial charge in [-0.25, -0.2) is 4.39 Å². The third kappa shape index (κ3) is 5.51. The number of carbonyl (C=O) groups excluding carboxylic acids is 3. The maximum atomic E-state index is 13.2. The Hall–Kier alpha value is -2.68. The number of nitrogens with zero attached hydrogens (tertiary/aromatic N) is 3. The van der Waals surface area contributed by atoms with Gasteiger partial charge < -0.3 is 19.9 Å². The first kappa shape index (κ1) is 24.4. The molecule has 0 saturated carbocycles. The van der Waals surface area contributed by atoms with Crippen LogP contribution in [0.5, 0.6) is 0 Å². The van der Waals surface area contributed by atoms with Crippen LogP contribution in [-0.4, -0.2) is 85.5 Å². The van der Waals surface area contributed by atoms with Gasteiger partial charge in [0.2, 0.25) is 11.8 Å². The maximum Gasteiger partial charge on any atom is 0.312 e. The molecule has 0 aliphatic carbocycles. The largest absolute Gasteiger partial charge is 0.462 e. The van der Waals surface area contributed by atoms with Gasteiger partial charge in [-0.2, -0.15) is 0 Å². The van der Waals surface area contributed by atoms with Crippen LogP contribution < -0.4 is 10.2 Å². The van der Waals surface area contributed by atoms with Crippen molar-refractivity contribution in [2.24, 2.45) is 5.41 Å². The smallest absolute Gasteiger partial charge is 0.312 e. The van der Waals surface area contributed by atoms with Gasteiger partial charge in [0.1, 0.15) is 18.0 Å². The predicted octanol–water partition coefficient (Wildman–Crippen LogP) is 1.79. The van der Waals surface area contributed by atoms with E-state index in [0.717, 1.165) is 44.8 Å². The number of carbonyl (C=O) groups is 3. The van der Waals surface area contributed by atoms with Gasteiger partial charge in [-0.1, -0.05) is 0 Å². The van der Waals surface area contributed by atoms with E-state index in [1.807, 2.05) is 12.1 Å². The summed E-state index contributed by atoms with van der Waals surface area (Å²) in [4.78, 5) is 43.0. The molecule has 0 radical (unpaired) electrons. The molecule has 3 saturated heterocycles. The summed E-state index contributed by atoms with van der Waals surface area (Å²) in [5.41, 5.74) is 0.559. The van der Waals surface area contributed by atoms with Gasteiger partial charge in [0.25, 0.3) is 0 Å². The van der Waals surface area contributed by atoms with E-state index < -0.39 is 11.5 Å². The van der Waals surface area contributed by atoms with Crippen molar-refractivity contribution in [1.29, 1.82) is 0 Å². The molecule has 0 bridgehead atoms. The van der Waals surface area contributed by atoms with Gasteiger partial charge in [0.15, 0.2) is 0 Å². The number of rotatable bonds is 6. The maximum absolute atomic E-state index is 13.2. The second kappa shape index (κ2) is 10.3. The van der Waals surface area contributed by atoms with Gasteiger partial charge in [-0.3, -0.25) is 19.3 Å². The number of likely N-dealkylation sites (tertiary alicyclic amines) is 1. The Morgan fingerprint density at radius 3 is 2.38 bits per heavy atom. The fourth-order valence-electron chi connectivity index (χ4n) is 5.41. The van der Waals surface area contributed by atoms with E-state index in [-0.39, 0.29) is 29.7 Å². The summed E-state index contributed by atoms with van der Waals surface area (Å²) in [6.07, 6.45) is 2.66. The summed E-state index contributed by atoms with van der Waals surface area (Å²) in [7, 11) is 0. The minimum atomic E-state index is -0.557. The lowest BCUT2D eigenvalue weighted by Gasteiger charge is -2.37. The molecule has 0 aromatic heterocycles. The summed E-state index contributed by atoms with van der Waals surface area (Å²) < 4.78 is 18.9. The van der Waals surface area contributed by atoms with E-state index in [0.29, 0.717) is 32.4 Å². The van der Waals surface area contributed by atoms with E-state index in [2.05, 4.69) is 15.1 Å². The van der Waals surface area contributed by atoms with E-state index in [4.69, 9.17) is 4.74 Å².